The summed E-state index contributed by atoms with van der Waals surface area (Å²) in [5, 5.41) is 8.46. The zero-order valence-electron chi connectivity index (χ0n) is 25.8. The highest BCUT2D eigenvalue weighted by Gasteiger charge is 2.27. The van der Waals surface area contributed by atoms with Gasteiger partial charge in [0, 0.05) is 27.5 Å². The third-order valence-electron chi connectivity index (χ3n) is 9.47. The Balaban J connectivity index is 1.14. The molecule has 5 heteroatoms. The van der Waals surface area contributed by atoms with Gasteiger partial charge in [-0.05, 0) is 52.2 Å². The van der Waals surface area contributed by atoms with E-state index in [-0.39, 0.29) is 6.04 Å². The largest absolute Gasteiger partial charge is 0.436 e. The predicted molar refractivity (Wildman–Crippen MR) is 197 cm³/mol. The Hall–Kier alpha value is -6.46. The number of fused-ring (bicyclic) bond motifs is 6. The van der Waals surface area contributed by atoms with Crippen molar-refractivity contribution in [2.45, 2.75) is 6.04 Å². The van der Waals surface area contributed by atoms with E-state index in [1.54, 1.807) is 0 Å². The summed E-state index contributed by atoms with van der Waals surface area (Å²) < 4.78 is 8.52. The summed E-state index contributed by atoms with van der Waals surface area (Å²) in [6.07, 6.45) is 8.55. The number of nitrogens with zero attached hydrogens (tertiary/aromatic N) is 3. The van der Waals surface area contributed by atoms with Crippen LogP contribution in [0, 0.1) is 0 Å². The molecule has 1 N–H and O–H groups in total. The Kier molecular flexibility index (Phi) is 5.87. The van der Waals surface area contributed by atoms with Gasteiger partial charge >= 0.3 is 0 Å². The second-order valence-electron chi connectivity index (χ2n) is 12.3. The Morgan fingerprint density at radius 2 is 1.40 bits per heavy atom. The van der Waals surface area contributed by atoms with Crippen LogP contribution in [0.1, 0.15) is 5.56 Å². The van der Waals surface area contributed by atoms with Crippen molar-refractivity contribution in [2.75, 3.05) is 0 Å². The molecule has 0 fully saturated rings. The lowest BCUT2D eigenvalue weighted by molar-refractivity contribution is 0.620. The topological polar surface area (TPSA) is 55.4 Å². The Labute approximate surface area is 276 Å². The zero-order valence-corrected chi connectivity index (χ0v) is 25.8. The molecule has 1 unspecified atom stereocenters. The van der Waals surface area contributed by atoms with Crippen molar-refractivity contribution in [2.24, 2.45) is 4.99 Å². The molecule has 0 saturated carbocycles. The summed E-state index contributed by atoms with van der Waals surface area (Å²) in [5.74, 6) is 1.39. The Morgan fingerprint density at radius 1 is 0.625 bits per heavy atom. The number of benzene rings is 6. The van der Waals surface area contributed by atoms with Crippen LogP contribution in [0.5, 0.6) is 0 Å². The van der Waals surface area contributed by atoms with E-state index in [0.717, 1.165) is 61.3 Å². The fourth-order valence-electron chi connectivity index (χ4n) is 7.19. The van der Waals surface area contributed by atoms with Crippen LogP contribution in [0.15, 0.2) is 173 Å². The molecule has 8 aromatic rings. The standard InChI is InChI=1S/C43H28N4O/c1-2-12-30(13-3-1)42-44-37-26-39-35(25-40(37)48-42)33-16-7-9-20-38(33)47(39)43-45-36-19-8-6-17-34(36)41(46-43)29-23-21-28(22-24-29)32-18-10-14-27-11-4-5-15-31(27)32/h1-26,36H,(H,45,46). The highest BCUT2D eigenvalue weighted by molar-refractivity contribution is 6.17. The quantitative estimate of drug-likeness (QED) is 0.215. The molecule has 0 amide bonds. The summed E-state index contributed by atoms with van der Waals surface area (Å²) in [6, 6.07) is 46.6. The maximum absolute atomic E-state index is 6.29. The molecule has 0 spiro atoms. The number of oxazole rings is 1. The van der Waals surface area contributed by atoms with Crippen molar-refractivity contribution >= 4 is 55.3 Å². The Bertz CT molecular complexity index is 2680. The van der Waals surface area contributed by atoms with Crippen LogP contribution in [0.3, 0.4) is 0 Å². The number of hydrogen-bond donors (Lipinski definition) is 1. The average molecular weight is 617 g/mol. The summed E-state index contributed by atoms with van der Waals surface area (Å²) in [4.78, 5) is 10.3. The minimum atomic E-state index is -0.0214. The zero-order chi connectivity index (χ0) is 31.6. The number of aliphatic imine (C=N–C) groups is 1. The first-order chi connectivity index (χ1) is 23.8. The monoisotopic (exact) mass is 616 g/mol. The van der Waals surface area contributed by atoms with Gasteiger partial charge in [-0.2, -0.15) is 0 Å². The molecule has 2 aromatic heterocycles. The van der Waals surface area contributed by atoms with Crippen molar-refractivity contribution in [3.63, 3.8) is 0 Å². The molecule has 1 aliphatic carbocycles. The van der Waals surface area contributed by atoms with Gasteiger partial charge in [0.25, 0.3) is 0 Å². The smallest absolute Gasteiger partial charge is 0.227 e. The average Bonchev–Trinajstić information content (AvgIpc) is 3.72. The molecule has 1 atom stereocenters. The van der Waals surface area contributed by atoms with Crippen molar-refractivity contribution in [1.29, 1.82) is 0 Å². The van der Waals surface area contributed by atoms with Gasteiger partial charge in [0.05, 0.1) is 22.8 Å². The van der Waals surface area contributed by atoms with E-state index < -0.39 is 0 Å². The van der Waals surface area contributed by atoms with Crippen molar-refractivity contribution in [1.82, 2.24) is 14.9 Å². The maximum Gasteiger partial charge on any atom is 0.227 e. The lowest BCUT2D eigenvalue weighted by Crippen LogP contribution is -2.42. The molecule has 5 nitrogen and oxygen atoms in total. The van der Waals surface area contributed by atoms with E-state index in [2.05, 4.69) is 137 Å². The first-order valence-electron chi connectivity index (χ1n) is 16.2. The number of hydrogen-bond acceptors (Lipinski definition) is 4. The minimum absolute atomic E-state index is 0.0214. The van der Waals surface area contributed by atoms with Crippen LogP contribution < -0.4 is 5.32 Å². The van der Waals surface area contributed by atoms with Gasteiger partial charge in [0.1, 0.15) is 5.52 Å². The fraction of sp³-hybridized carbons (Fsp3) is 0.0233. The van der Waals surface area contributed by atoms with Crippen LogP contribution in [-0.4, -0.2) is 21.6 Å². The molecule has 1 aliphatic heterocycles. The number of rotatable bonds is 3. The summed E-state index contributed by atoms with van der Waals surface area (Å²) >= 11 is 0. The lowest BCUT2D eigenvalue weighted by Gasteiger charge is -2.28. The van der Waals surface area contributed by atoms with Gasteiger partial charge in [0.2, 0.25) is 11.9 Å². The first-order valence-corrected chi connectivity index (χ1v) is 16.2. The van der Waals surface area contributed by atoms with Gasteiger partial charge < -0.3 is 9.73 Å². The number of aromatic nitrogens is 2. The molecule has 0 bridgehead atoms. The van der Waals surface area contributed by atoms with E-state index in [1.807, 2.05) is 30.3 Å². The number of allylic oxidation sites excluding steroid dienone is 2. The molecule has 0 radical (unpaired) electrons. The van der Waals surface area contributed by atoms with Gasteiger partial charge in [0.15, 0.2) is 5.58 Å². The van der Waals surface area contributed by atoms with Crippen LogP contribution in [0.25, 0.3) is 72.0 Å². The molecule has 48 heavy (non-hydrogen) atoms. The molecular formula is C43H28N4O. The SMILES string of the molecule is C1=CC2=C(c3ccc(-c4cccc5ccccc45)cc3)N=C(n3c4ccccc4c4cc5oc(-c6ccccc6)nc5cc43)NC2C=C1. The van der Waals surface area contributed by atoms with E-state index in [4.69, 9.17) is 14.4 Å². The highest BCUT2D eigenvalue weighted by atomic mass is 16.3. The molecule has 2 aliphatic rings. The minimum Gasteiger partial charge on any atom is -0.436 e. The van der Waals surface area contributed by atoms with Crippen molar-refractivity contribution in [3.05, 3.63) is 169 Å². The van der Waals surface area contributed by atoms with Gasteiger partial charge in [-0.1, -0.05) is 127 Å². The van der Waals surface area contributed by atoms with Crippen LogP contribution >= 0.6 is 0 Å². The predicted octanol–water partition coefficient (Wildman–Crippen LogP) is 10.1. The van der Waals surface area contributed by atoms with E-state index in [9.17, 15) is 0 Å². The third-order valence-corrected chi connectivity index (χ3v) is 9.47. The highest BCUT2D eigenvalue weighted by Crippen LogP contribution is 2.37. The van der Waals surface area contributed by atoms with Crippen LogP contribution in [0.4, 0.5) is 0 Å². The van der Waals surface area contributed by atoms with E-state index >= 15 is 0 Å². The molecule has 0 saturated heterocycles. The number of nitrogens with one attached hydrogen (secondary N) is 1. The van der Waals surface area contributed by atoms with Crippen molar-refractivity contribution in [3.8, 4) is 22.6 Å². The second-order valence-corrected chi connectivity index (χ2v) is 12.3. The summed E-state index contributed by atoms with van der Waals surface area (Å²) in [5.41, 5.74) is 10.2. The van der Waals surface area contributed by atoms with Gasteiger partial charge in [-0.15, -0.1) is 0 Å². The molecule has 6 aromatic carbocycles. The van der Waals surface area contributed by atoms with Crippen LogP contribution in [0.2, 0.25) is 0 Å². The summed E-state index contributed by atoms with van der Waals surface area (Å²) in [6.45, 7) is 0. The van der Waals surface area contributed by atoms with Gasteiger partial charge in [-0.3, -0.25) is 4.57 Å². The first kappa shape index (κ1) is 26.7. The van der Waals surface area contributed by atoms with Crippen LogP contribution in [-0.2, 0) is 0 Å². The van der Waals surface area contributed by atoms with Crippen molar-refractivity contribution < 1.29 is 4.42 Å². The van der Waals surface area contributed by atoms with Gasteiger partial charge in [-0.25, -0.2) is 9.98 Å². The normalized spacial score (nSPS) is 15.8. The molecule has 3 heterocycles. The Morgan fingerprint density at radius 3 is 2.29 bits per heavy atom. The lowest BCUT2D eigenvalue weighted by atomic mass is 9.93. The summed E-state index contributed by atoms with van der Waals surface area (Å²) in [7, 11) is 0. The maximum atomic E-state index is 6.29. The fourth-order valence-corrected chi connectivity index (χ4v) is 7.19. The van der Waals surface area contributed by atoms with E-state index in [0.29, 0.717) is 5.89 Å². The number of para-hydroxylation sites is 1. The molecule has 10 rings (SSSR count). The second kappa shape index (κ2) is 10.5. The molecular weight excluding hydrogens is 589 g/mol. The van der Waals surface area contributed by atoms with E-state index in [1.165, 1.54) is 21.9 Å². The third kappa shape index (κ3) is 4.18. The molecule has 226 valence electrons.